The van der Waals surface area contributed by atoms with Crippen molar-refractivity contribution in [1.82, 2.24) is 5.32 Å². The minimum Gasteiger partial charge on any atom is -0.497 e. The number of hydrogen-bond donors (Lipinski definition) is 1. The summed E-state index contributed by atoms with van der Waals surface area (Å²) in [6.07, 6.45) is -8.36. The lowest BCUT2D eigenvalue weighted by Gasteiger charge is -2.42. The molecule has 1 N–H and O–H groups in total. The zero-order valence-electron chi connectivity index (χ0n) is 18.0. The first-order valence-corrected chi connectivity index (χ1v) is 9.31. The predicted octanol–water partition coefficient (Wildman–Crippen LogP) is 6.36. The highest BCUT2D eigenvalue weighted by Gasteiger charge is 2.95. The molecule has 0 atom stereocenters. The van der Waals surface area contributed by atoms with Crippen molar-refractivity contribution in [2.75, 3.05) is 13.7 Å². The smallest absolute Gasteiger partial charge is 0.460 e. The van der Waals surface area contributed by atoms with Crippen LogP contribution in [0.15, 0.2) is 24.3 Å². The van der Waals surface area contributed by atoms with Crippen molar-refractivity contribution < 1.29 is 84.2 Å². The van der Waals surface area contributed by atoms with Crippen LogP contribution < -0.4 is 10.1 Å². The molecule has 1 aromatic carbocycles. The van der Waals surface area contributed by atoms with E-state index in [9.17, 15) is 79.4 Å². The minimum absolute atomic E-state index is 0.144. The summed E-state index contributed by atoms with van der Waals surface area (Å²) in [5.41, 5.74) is 0.144. The number of methoxy groups -OCH3 is 1. The molecule has 0 saturated heterocycles. The molecule has 220 valence electrons. The van der Waals surface area contributed by atoms with Gasteiger partial charge in [0, 0.05) is 6.54 Å². The highest BCUT2D eigenvalue weighted by atomic mass is 19.4. The zero-order chi connectivity index (χ0) is 30.4. The Hall–Kier alpha value is -2.70. The van der Waals surface area contributed by atoms with Gasteiger partial charge in [0.25, 0.3) is 5.91 Å². The van der Waals surface area contributed by atoms with E-state index >= 15 is 0 Å². The lowest BCUT2D eigenvalue weighted by atomic mass is 9.89. The van der Waals surface area contributed by atoms with E-state index in [-0.39, 0.29) is 11.3 Å². The first-order chi connectivity index (χ1) is 16.7. The molecule has 0 heterocycles. The molecule has 0 saturated carbocycles. The number of nitrogens with one attached hydrogen (secondary N) is 1. The average Bonchev–Trinajstić information content (AvgIpc) is 2.77. The molecule has 1 rings (SSSR count). The monoisotopic (exact) mass is 597 g/mol. The Labute approximate surface area is 199 Å². The zero-order valence-corrected chi connectivity index (χ0v) is 18.0. The maximum atomic E-state index is 13.8. The quantitative estimate of drug-likeness (QED) is 0.302. The molecular formula is C18H12F17NO2. The topological polar surface area (TPSA) is 38.3 Å². The van der Waals surface area contributed by atoms with Gasteiger partial charge in [-0.15, -0.1) is 0 Å². The normalized spacial score (nSPS) is 14.9. The van der Waals surface area contributed by atoms with E-state index in [1.165, 1.54) is 31.4 Å². The van der Waals surface area contributed by atoms with E-state index in [2.05, 4.69) is 0 Å². The summed E-state index contributed by atoms with van der Waals surface area (Å²) >= 11 is 0. The van der Waals surface area contributed by atoms with Crippen LogP contribution in [0.2, 0.25) is 0 Å². The summed E-state index contributed by atoms with van der Waals surface area (Å²) in [5, 5.41) is 0.860. The largest absolute Gasteiger partial charge is 0.497 e. The molecule has 0 spiro atoms. The summed E-state index contributed by atoms with van der Waals surface area (Å²) in [6, 6.07) is 4.96. The lowest BCUT2D eigenvalue weighted by Crippen LogP contribution is -2.75. The van der Waals surface area contributed by atoms with Gasteiger partial charge < -0.3 is 10.1 Å². The van der Waals surface area contributed by atoms with Gasteiger partial charge in [-0.25, -0.2) is 0 Å². The number of carbonyl (C=O) groups is 1. The molecule has 38 heavy (non-hydrogen) atoms. The summed E-state index contributed by atoms with van der Waals surface area (Å²) in [6.45, 7) is -1.12. The van der Waals surface area contributed by atoms with Crippen LogP contribution in [-0.4, -0.2) is 67.2 Å². The third-order valence-corrected chi connectivity index (χ3v) is 4.87. The molecule has 1 amide bonds. The maximum absolute atomic E-state index is 13.8. The van der Waals surface area contributed by atoms with Gasteiger partial charge in [-0.2, -0.15) is 74.6 Å². The van der Waals surface area contributed by atoms with Crippen LogP contribution in [0.25, 0.3) is 0 Å². The predicted molar refractivity (Wildman–Crippen MR) is 90.4 cm³/mol. The summed E-state index contributed by atoms with van der Waals surface area (Å²) in [5.74, 6) is -61.3. The van der Waals surface area contributed by atoms with Crippen LogP contribution in [0.3, 0.4) is 0 Å². The van der Waals surface area contributed by atoms with E-state index in [4.69, 9.17) is 4.74 Å². The fourth-order valence-electron chi connectivity index (χ4n) is 2.53. The van der Waals surface area contributed by atoms with Crippen molar-refractivity contribution in [3.05, 3.63) is 29.8 Å². The second-order valence-electron chi connectivity index (χ2n) is 7.37. The molecular weight excluding hydrogens is 585 g/mol. The van der Waals surface area contributed by atoms with E-state index in [0.29, 0.717) is 0 Å². The Bertz CT molecular complexity index is 986. The van der Waals surface area contributed by atoms with Gasteiger partial charge in [0.2, 0.25) is 0 Å². The number of amides is 1. The van der Waals surface area contributed by atoms with Crippen LogP contribution in [-0.2, 0) is 11.2 Å². The van der Waals surface area contributed by atoms with Crippen LogP contribution >= 0.6 is 0 Å². The highest BCUT2D eigenvalue weighted by molar-refractivity contribution is 5.84. The Kier molecular flexibility index (Phi) is 8.59. The fourth-order valence-corrected chi connectivity index (χ4v) is 2.53. The van der Waals surface area contributed by atoms with Crippen LogP contribution in [0.4, 0.5) is 74.6 Å². The van der Waals surface area contributed by atoms with Crippen molar-refractivity contribution in [1.29, 1.82) is 0 Å². The van der Waals surface area contributed by atoms with Crippen molar-refractivity contribution in [3.8, 4) is 5.75 Å². The highest BCUT2D eigenvalue weighted by Crippen LogP contribution is 2.63. The second kappa shape index (κ2) is 9.80. The van der Waals surface area contributed by atoms with E-state index in [1.807, 2.05) is 0 Å². The Balaban J connectivity index is 3.31. The number of rotatable bonds is 11. The van der Waals surface area contributed by atoms with Crippen molar-refractivity contribution in [2.45, 2.75) is 54.1 Å². The Morgan fingerprint density at radius 3 is 1.37 bits per heavy atom. The van der Waals surface area contributed by atoms with Crippen LogP contribution in [0.5, 0.6) is 5.75 Å². The summed E-state index contributed by atoms with van der Waals surface area (Å²) in [7, 11) is 1.23. The molecule has 20 heteroatoms. The van der Waals surface area contributed by atoms with Crippen molar-refractivity contribution in [2.24, 2.45) is 0 Å². The number of ether oxygens (including phenoxy) is 1. The Morgan fingerprint density at radius 1 is 0.632 bits per heavy atom. The molecule has 0 aliphatic carbocycles. The first kappa shape index (κ1) is 33.3. The van der Waals surface area contributed by atoms with Gasteiger partial charge in [0.05, 0.1) is 7.11 Å². The number of carbonyl (C=O) groups excluding carboxylic acids is 1. The van der Waals surface area contributed by atoms with E-state index in [1.54, 1.807) is 0 Å². The minimum atomic E-state index is -8.74. The van der Waals surface area contributed by atoms with E-state index in [0.717, 1.165) is 5.32 Å². The van der Waals surface area contributed by atoms with Crippen molar-refractivity contribution in [3.63, 3.8) is 0 Å². The third-order valence-electron chi connectivity index (χ3n) is 4.87. The van der Waals surface area contributed by atoms with Gasteiger partial charge in [0.1, 0.15) is 5.75 Å². The Morgan fingerprint density at radius 2 is 1.00 bits per heavy atom. The number of hydrogen-bond acceptors (Lipinski definition) is 2. The van der Waals surface area contributed by atoms with Gasteiger partial charge in [0.15, 0.2) is 0 Å². The standard InChI is InChI=1S/C18H12F17NO2/c1-38-9-4-2-8(3-5-9)6-7-36-10(37)11(19,20)12(21,22)13(23,24)14(25,26)15(27,28)16(29,30)17(31,32)18(33,34)35/h2-5H,6-7H2,1H3,(H,36,37). The first-order valence-electron chi connectivity index (χ1n) is 9.31. The summed E-state index contributed by atoms with van der Waals surface area (Å²) < 4.78 is 229. The molecule has 0 fully saturated rings. The van der Waals surface area contributed by atoms with Crippen LogP contribution in [0, 0.1) is 0 Å². The van der Waals surface area contributed by atoms with Crippen molar-refractivity contribution >= 4 is 5.91 Å². The molecule has 1 aromatic rings. The van der Waals surface area contributed by atoms with Crippen LogP contribution in [0.1, 0.15) is 5.56 Å². The third kappa shape index (κ3) is 4.89. The maximum Gasteiger partial charge on any atom is 0.460 e. The molecule has 0 aliphatic rings. The molecule has 0 aliphatic heterocycles. The lowest BCUT2D eigenvalue weighted by molar-refractivity contribution is -0.459. The number of halogens is 17. The van der Waals surface area contributed by atoms with Gasteiger partial charge in [-0.05, 0) is 24.1 Å². The molecule has 0 radical (unpaired) electrons. The van der Waals surface area contributed by atoms with Gasteiger partial charge in [-0.1, -0.05) is 12.1 Å². The molecule has 0 unspecified atom stereocenters. The van der Waals surface area contributed by atoms with E-state index < -0.39 is 66.5 Å². The molecule has 0 aromatic heterocycles. The number of alkyl halides is 17. The van der Waals surface area contributed by atoms with Gasteiger partial charge in [-0.3, -0.25) is 4.79 Å². The molecule has 0 bridgehead atoms. The second-order valence-corrected chi connectivity index (χ2v) is 7.37. The fraction of sp³-hybridized carbons (Fsp3) is 0.611. The molecule has 3 nitrogen and oxygen atoms in total. The average molecular weight is 597 g/mol. The number of benzene rings is 1. The summed E-state index contributed by atoms with van der Waals surface area (Å²) in [4.78, 5) is 11.4. The SMILES string of the molecule is COc1ccc(CCNC(=O)C(F)(F)C(F)(F)C(F)(F)C(F)(F)C(F)(F)C(F)(F)C(F)(F)C(F)(F)F)cc1. The van der Waals surface area contributed by atoms with Gasteiger partial charge >= 0.3 is 47.6 Å².